The Kier molecular flexibility index (Phi) is 6.51. The quantitative estimate of drug-likeness (QED) is 0.379. The summed E-state index contributed by atoms with van der Waals surface area (Å²) in [6.45, 7) is 2.85. The molecule has 4 aromatic rings. The first-order valence-electron chi connectivity index (χ1n) is 10.1. The molecule has 0 radical (unpaired) electrons. The van der Waals surface area contributed by atoms with Crippen LogP contribution in [0.25, 0.3) is 10.2 Å². The summed E-state index contributed by atoms with van der Waals surface area (Å²) in [6.07, 6.45) is 3.45. The van der Waals surface area contributed by atoms with Gasteiger partial charge in [-0.1, -0.05) is 17.4 Å². The van der Waals surface area contributed by atoms with Crippen molar-refractivity contribution in [2.45, 2.75) is 13.5 Å². The molecular weight excluding hydrogens is 426 g/mol. The third-order valence-corrected chi connectivity index (χ3v) is 5.84. The maximum absolute atomic E-state index is 13.7. The fourth-order valence-corrected chi connectivity index (χ4v) is 4.24. The molecule has 2 aromatic carbocycles. The van der Waals surface area contributed by atoms with Gasteiger partial charge in [0.15, 0.2) is 5.13 Å². The molecule has 0 saturated carbocycles. The van der Waals surface area contributed by atoms with Gasteiger partial charge in [-0.2, -0.15) is 0 Å². The summed E-state index contributed by atoms with van der Waals surface area (Å²) < 4.78 is 17.2. The number of benzene rings is 2. The number of nitrogens with zero attached hydrogens (tertiary/aromatic N) is 3. The monoisotopic (exact) mass is 449 g/mol. The van der Waals surface area contributed by atoms with E-state index in [1.54, 1.807) is 49.7 Å². The highest BCUT2D eigenvalue weighted by atomic mass is 32.1. The highest BCUT2D eigenvalue weighted by Crippen LogP contribution is 2.34. The number of amides is 1. The van der Waals surface area contributed by atoms with Gasteiger partial charge in [-0.3, -0.25) is 14.7 Å². The third-order valence-electron chi connectivity index (χ3n) is 4.80. The zero-order valence-electron chi connectivity index (χ0n) is 18.1. The zero-order chi connectivity index (χ0) is 22.5. The van der Waals surface area contributed by atoms with Crippen molar-refractivity contribution in [3.63, 3.8) is 0 Å². The second kappa shape index (κ2) is 9.65. The van der Waals surface area contributed by atoms with Gasteiger partial charge < -0.3 is 14.2 Å². The molecule has 0 unspecified atom stereocenters. The summed E-state index contributed by atoms with van der Waals surface area (Å²) >= 11 is 1.44. The lowest BCUT2D eigenvalue weighted by molar-refractivity contribution is 0.0984. The van der Waals surface area contributed by atoms with Crippen molar-refractivity contribution in [1.82, 2.24) is 9.97 Å². The van der Waals surface area contributed by atoms with Gasteiger partial charge >= 0.3 is 0 Å². The SMILES string of the molecule is CCOc1ccc2nc(N(Cc3cccnc3)C(=O)c3cc(OC)cc(OC)c3)sc2c1. The number of methoxy groups -OCH3 is 2. The Morgan fingerprint density at radius 1 is 1.03 bits per heavy atom. The molecule has 164 valence electrons. The topological polar surface area (TPSA) is 73.8 Å². The molecule has 0 saturated heterocycles. The van der Waals surface area contributed by atoms with Gasteiger partial charge in [0.05, 0.1) is 37.6 Å². The summed E-state index contributed by atoms with van der Waals surface area (Å²) in [5.74, 6) is 1.65. The Hall–Kier alpha value is -3.65. The first-order chi connectivity index (χ1) is 15.6. The second-order valence-corrected chi connectivity index (χ2v) is 7.92. The molecule has 0 N–H and O–H groups in total. The molecule has 7 nitrogen and oxygen atoms in total. The van der Waals surface area contributed by atoms with Crippen LogP contribution in [-0.4, -0.2) is 36.7 Å². The first-order valence-corrected chi connectivity index (χ1v) is 10.9. The zero-order valence-corrected chi connectivity index (χ0v) is 18.9. The molecule has 2 aromatic heterocycles. The minimum absolute atomic E-state index is 0.213. The number of carbonyl (C=O) groups is 1. The van der Waals surface area contributed by atoms with Gasteiger partial charge in [-0.05, 0) is 48.9 Å². The normalized spacial score (nSPS) is 10.7. The van der Waals surface area contributed by atoms with E-state index in [1.807, 2.05) is 37.3 Å². The van der Waals surface area contributed by atoms with Crippen LogP contribution < -0.4 is 19.1 Å². The van der Waals surface area contributed by atoms with Gasteiger partial charge in [0.25, 0.3) is 5.91 Å². The van der Waals surface area contributed by atoms with E-state index < -0.39 is 0 Å². The van der Waals surface area contributed by atoms with E-state index in [1.165, 1.54) is 11.3 Å². The summed E-state index contributed by atoms with van der Waals surface area (Å²) in [5, 5.41) is 0.587. The van der Waals surface area contributed by atoms with Crippen molar-refractivity contribution in [1.29, 1.82) is 0 Å². The van der Waals surface area contributed by atoms with Crippen LogP contribution in [0.5, 0.6) is 17.2 Å². The standard InChI is InChI=1S/C24H23N3O4S/c1-4-31-18-7-8-21-22(13-18)32-24(26-21)27(15-16-6-5-9-25-14-16)23(28)17-10-19(29-2)12-20(11-17)30-3/h5-14H,4,15H2,1-3H3. The van der Waals surface area contributed by atoms with Crippen molar-refractivity contribution in [2.75, 3.05) is 25.7 Å². The number of pyridine rings is 1. The van der Waals surface area contributed by atoms with Crippen molar-refractivity contribution in [3.05, 3.63) is 72.1 Å². The number of thiazole rings is 1. The molecule has 0 spiro atoms. The molecule has 0 aliphatic carbocycles. The highest BCUT2D eigenvalue weighted by Gasteiger charge is 2.23. The Labute approximate surface area is 190 Å². The van der Waals surface area contributed by atoms with Crippen LogP contribution in [-0.2, 0) is 6.54 Å². The number of hydrogen-bond acceptors (Lipinski definition) is 7. The number of aromatic nitrogens is 2. The Morgan fingerprint density at radius 2 is 1.81 bits per heavy atom. The van der Waals surface area contributed by atoms with E-state index in [0.717, 1.165) is 21.5 Å². The number of ether oxygens (including phenoxy) is 3. The minimum Gasteiger partial charge on any atom is -0.497 e. The number of anilines is 1. The van der Waals surface area contributed by atoms with Crippen LogP contribution in [0.15, 0.2) is 60.9 Å². The molecule has 4 rings (SSSR count). The average Bonchev–Trinajstić information content (AvgIpc) is 3.25. The highest BCUT2D eigenvalue weighted by molar-refractivity contribution is 7.22. The van der Waals surface area contributed by atoms with Crippen LogP contribution in [0.4, 0.5) is 5.13 Å². The predicted molar refractivity (Wildman–Crippen MR) is 125 cm³/mol. The molecule has 0 atom stereocenters. The molecule has 2 heterocycles. The van der Waals surface area contributed by atoms with Crippen molar-refractivity contribution < 1.29 is 19.0 Å². The largest absolute Gasteiger partial charge is 0.497 e. The molecule has 32 heavy (non-hydrogen) atoms. The van der Waals surface area contributed by atoms with Crippen molar-refractivity contribution in [2.24, 2.45) is 0 Å². The van der Waals surface area contributed by atoms with Gasteiger partial charge in [0.2, 0.25) is 0 Å². The second-order valence-electron chi connectivity index (χ2n) is 6.91. The van der Waals surface area contributed by atoms with E-state index in [9.17, 15) is 4.79 Å². The molecule has 0 fully saturated rings. The Morgan fingerprint density at radius 3 is 2.47 bits per heavy atom. The minimum atomic E-state index is -0.213. The van der Waals surface area contributed by atoms with Gasteiger partial charge in [-0.25, -0.2) is 4.98 Å². The van der Waals surface area contributed by atoms with E-state index in [0.29, 0.717) is 35.3 Å². The maximum Gasteiger partial charge on any atom is 0.260 e. The van der Waals surface area contributed by atoms with E-state index in [-0.39, 0.29) is 5.91 Å². The number of fused-ring (bicyclic) bond motifs is 1. The molecule has 1 amide bonds. The van der Waals surface area contributed by atoms with Gasteiger partial charge in [0, 0.05) is 24.0 Å². The van der Waals surface area contributed by atoms with E-state index in [4.69, 9.17) is 19.2 Å². The van der Waals surface area contributed by atoms with Crippen molar-refractivity contribution in [3.8, 4) is 17.2 Å². The van der Waals surface area contributed by atoms with Crippen LogP contribution in [0.2, 0.25) is 0 Å². The number of hydrogen-bond donors (Lipinski definition) is 0. The van der Waals surface area contributed by atoms with Crippen molar-refractivity contribution >= 4 is 32.6 Å². The van der Waals surface area contributed by atoms with E-state index >= 15 is 0 Å². The van der Waals surface area contributed by atoms with Gasteiger partial charge in [-0.15, -0.1) is 0 Å². The molecule has 0 aliphatic heterocycles. The smallest absolute Gasteiger partial charge is 0.260 e. The fourth-order valence-electron chi connectivity index (χ4n) is 3.25. The van der Waals surface area contributed by atoms with Crippen LogP contribution >= 0.6 is 11.3 Å². The average molecular weight is 450 g/mol. The lowest BCUT2D eigenvalue weighted by Crippen LogP contribution is -2.30. The predicted octanol–water partition coefficient (Wildman–Crippen LogP) is 4.95. The Bertz CT molecular complexity index is 1200. The molecule has 8 heteroatoms. The first kappa shape index (κ1) is 21.6. The lowest BCUT2D eigenvalue weighted by Gasteiger charge is -2.20. The van der Waals surface area contributed by atoms with Crippen LogP contribution in [0, 0.1) is 0 Å². The number of rotatable bonds is 8. The molecule has 0 bridgehead atoms. The summed E-state index contributed by atoms with van der Waals surface area (Å²) in [7, 11) is 3.11. The third kappa shape index (κ3) is 4.65. The number of carbonyl (C=O) groups excluding carboxylic acids is 1. The van der Waals surface area contributed by atoms with Crippen LogP contribution in [0.1, 0.15) is 22.8 Å². The molecular formula is C24H23N3O4S. The summed E-state index contributed by atoms with van der Waals surface area (Å²) in [4.78, 5) is 24.2. The maximum atomic E-state index is 13.7. The summed E-state index contributed by atoms with van der Waals surface area (Å²) in [6, 6.07) is 14.6. The Balaban J connectivity index is 1.77. The van der Waals surface area contributed by atoms with Crippen LogP contribution in [0.3, 0.4) is 0 Å². The van der Waals surface area contributed by atoms with Gasteiger partial charge in [0.1, 0.15) is 17.2 Å². The van der Waals surface area contributed by atoms with E-state index in [2.05, 4.69) is 4.98 Å². The summed E-state index contributed by atoms with van der Waals surface area (Å²) in [5.41, 5.74) is 2.14. The lowest BCUT2D eigenvalue weighted by atomic mass is 10.1. The fraction of sp³-hybridized carbons (Fsp3) is 0.208. The molecule has 0 aliphatic rings.